The van der Waals surface area contributed by atoms with Crippen molar-refractivity contribution in [2.45, 2.75) is 51.6 Å². The Bertz CT molecular complexity index is 311. The Morgan fingerprint density at radius 1 is 1.11 bits per heavy atom. The third kappa shape index (κ3) is 3.41. The molecule has 1 saturated carbocycles. The lowest BCUT2D eigenvalue weighted by molar-refractivity contribution is 0.149. The lowest BCUT2D eigenvalue weighted by atomic mass is 9.96. The highest BCUT2D eigenvalue weighted by Crippen LogP contribution is 2.32. The highest BCUT2D eigenvalue weighted by Gasteiger charge is 2.32. The summed E-state index contributed by atoms with van der Waals surface area (Å²) in [6.45, 7) is 6.53. The number of likely N-dealkylation sites (tertiary alicyclic amines) is 1. The molecule has 3 unspecified atom stereocenters. The molecule has 1 heterocycles. The smallest absolute Gasteiger partial charge is 0.319 e. The second-order valence-corrected chi connectivity index (χ2v) is 6.63. The van der Waals surface area contributed by atoms with Gasteiger partial charge >= 0.3 is 6.03 Å². The summed E-state index contributed by atoms with van der Waals surface area (Å²) in [5.74, 6) is 1.65. The highest BCUT2D eigenvalue weighted by molar-refractivity contribution is 5.73. The molecule has 0 aromatic heterocycles. The number of nitrogens with zero attached hydrogens (tertiary/aromatic N) is 2. The van der Waals surface area contributed by atoms with Gasteiger partial charge in [0, 0.05) is 39.3 Å². The lowest BCUT2D eigenvalue weighted by Gasteiger charge is -2.36. The maximum atomic E-state index is 11.9. The molecule has 110 valence electrons. The topological polar surface area (TPSA) is 35.6 Å². The summed E-state index contributed by atoms with van der Waals surface area (Å²) in [6.07, 6.45) is 4.87. The zero-order chi connectivity index (χ0) is 14.0. The fraction of sp³-hybridized carbons (Fsp3) is 0.933. The van der Waals surface area contributed by atoms with Gasteiger partial charge in [-0.1, -0.05) is 13.8 Å². The molecule has 2 aliphatic rings. The average Bonchev–Trinajstić information content (AvgIpc) is 2.71. The van der Waals surface area contributed by atoms with E-state index in [4.69, 9.17) is 0 Å². The van der Waals surface area contributed by atoms with Crippen LogP contribution in [-0.4, -0.2) is 55.1 Å². The quantitative estimate of drug-likeness (QED) is 0.832. The predicted molar refractivity (Wildman–Crippen MR) is 78.2 cm³/mol. The summed E-state index contributed by atoms with van der Waals surface area (Å²) in [7, 11) is 3.66. The Morgan fingerprint density at radius 3 is 2.21 bits per heavy atom. The van der Waals surface area contributed by atoms with Gasteiger partial charge in [-0.05, 0) is 37.5 Å². The van der Waals surface area contributed by atoms with Gasteiger partial charge in [-0.3, -0.25) is 0 Å². The molecular weight excluding hydrogens is 238 g/mol. The second-order valence-electron chi connectivity index (χ2n) is 6.63. The van der Waals surface area contributed by atoms with Crippen LogP contribution in [0, 0.1) is 11.8 Å². The van der Waals surface area contributed by atoms with Crippen LogP contribution >= 0.6 is 0 Å². The van der Waals surface area contributed by atoms with Crippen LogP contribution in [0.4, 0.5) is 4.79 Å². The minimum Gasteiger partial charge on any atom is -0.331 e. The van der Waals surface area contributed by atoms with Crippen molar-refractivity contribution in [3.8, 4) is 0 Å². The summed E-state index contributed by atoms with van der Waals surface area (Å²) in [6, 6.07) is 1.45. The molecule has 2 rings (SSSR count). The van der Waals surface area contributed by atoms with Crippen molar-refractivity contribution < 1.29 is 4.79 Å². The third-order valence-electron chi connectivity index (χ3n) is 5.06. The molecular formula is C15H29N3O. The van der Waals surface area contributed by atoms with Gasteiger partial charge in [0.2, 0.25) is 0 Å². The lowest BCUT2D eigenvalue weighted by Crippen LogP contribution is -2.50. The number of carbonyl (C=O) groups is 1. The van der Waals surface area contributed by atoms with E-state index in [-0.39, 0.29) is 6.03 Å². The van der Waals surface area contributed by atoms with Crippen LogP contribution < -0.4 is 5.32 Å². The largest absolute Gasteiger partial charge is 0.331 e. The van der Waals surface area contributed by atoms with Crippen LogP contribution in [0.1, 0.15) is 39.5 Å². The highest BCUT2D eigenvalue weighted by atomic mass is 16.2. The number of hydrogen-bond acceptors (Lipinski definition) is 2. The Kier molecular flexibility index (Phi) is 4.71. The first kappa shape index (κ1) is 14.6. The first-order valence-electron chi connectivity index (χ1n) is 7.71. The Hall–Kier alpha value is -0.770. The van der Waals surface area contributed by atoms with Gasteiger partial charge in [0.1, 0.15) is 0 Å². The summed E-state index contributed by atoms with van der Waals surface area (Å²) < 4.78 is 0. The number of rotatable bonds is 2. The van der Waals surface area contributed by atoms with E-state index in [0.29, 0.717) is 12.1 Å². The number of nitrogens with one attached hydrogen (secondary N) is 1. The number of carbonyl (C=O) groups excluding carboxylic acids is 1. The van der Waals surface area contributed by atoms with Gasteiger partial charge < -0.3 is 15.1 Å². The van der Waals surface area contributed by atoms with E-state index in [9.17, 15) is 4.79 Å². The SMILES string of the molecule is CC1CCC(NC2CCN(C(=O)N(C)C)CC2)C1C. The molecule has 0 bridgehead atoms. The van der Waals surface area contributed by atoms with Crippen molar-refractivity contribution in [2.24, 2.45) is 11.8 Å². The molecule has 0 radical (unpaired) electrons. The number of amides is 2. The van der Waals surface area contributed by atoms with E-state index in [1.165, 1.54) is 12.8 Å². The molecule has 4 heteroatoms. The maximum absolute atomic E-state index is 11.9. The normalized spacial score (nSPS) is 32.6. The Morgan fingerprint density at radius 2 is 1.74 bits per heavy atom. The van der Waals surface area contributed by atoms with Crippen molar-refractivity contribution in [1.82, 2.24) is 15.1 Å². The third-order valence-corrected chi connectivity index (χ3v) is 5.06. The molecule has 0 aromatic rings. The summed E-state index contributed by atoms with van der Waals surface area (Å²) >= 11 is 0. The predicted octanol–water partition coefficient (Wildman–Crippen LogP) is 2.16. The number of piperidine rings is 1. The van der Waals surface area contributed by atoms with Crippen LogP contribution in [0.15, 0.2) is 0 Å². The van der Waals surface area contributed by atoms with Gasteiger partial charge in [0.15, 0.2) is 0 Å². The molecule has 2 fully saturated rings. The van der Waals surface area contributed by atoms with Gasteiger partial charge in [-0.2, -0.15) is 0 Å². The molecule has 1 saturated heterocycles. The van der Waals surface area contributed by atoms with Gasteiger partial charge in [-0.15, -0.1) is 0 Å². The minimum atomic E-state index is 0.154. The summed E-state index contributed by atoms with van der Waals surface area (Å²) in [5, 5.41) is 3.84. The van der Waals surface area contributed by atoms with Crippen molar-refractivity contribution >= 4 is 6.03 Å². The van der Waals surface area contributed by atoms with E-state index >= 15 is 0 Å². The molecule has 19 heavy (non-hydrogen) atoms. The van der Waals surface area contributed by atoms with Crippen molar-refractivity contribution in [1.29, 1.82) is 0 Å². The second kappa shape index (κ2) is 6.12. The van der Waals surface area contributed by atoms with E-state index in [0.717, 1.165) is 37.8 Å². The zero-order valence-corrected chi connectivity index (χ0v) is 12.9. The van der Waals surface area contributed by atoms with E-state index in [1.807, 2.05) is 19.0 Å². The maximum Gasteiger partial charge on any atom is 0.319 e. The fourth-order valence-corrected chi connectivity index (χ4v) is 3.42. The zero-order valence-electron chi connectivity index (χ0n) is 12.9. The molecule has 1 aliphatic heterocycles. The molecule has 0 spiro atoms. The van der Waals surface area contributed by atoms with Crippen LogP contribution in [0.25, 0.3) is 0 Å². The first-order chi connectivity index (χ1) is 8.99. The van der Waals surface area contributed by atoms with Crippen LogP contribution in [0.5, 0.6) is 0 Å². The standard InChI is InChI=1S/C15H29N3O/c1-11-5-6-14(12(11)2)16-13-7-9-18(10-8-13)15(19)17(3)4/h11-14,16H,5-10H2,1-4H3. The molecule has 3 atom stereocenters. The molecule has 0 aromatic carbocycles. The van der Waals surface area contributed by atoms with Crippen LogP contribution in [0.3, 0.4) is 0 Å². The van der Waals surface area contributed by atoms with Crippen molar-refractivity contribution in [3.05, 3.63) is 0 Å². The first-order valence-corrected chi connectivity index (χ1v) is 7.71. The van der Waals surface area contributed by atoms with Crippen molar-refractivity contribution in [2.75, 3.05) is 27.2 Å². The van der Waals surface area contributed by atoms with E-state index < -0.39 is 0 Å². The number of hydrogen-bond donors (Lipinski definition) is 1. The molecule has 2 amide bonds. The minimum absolute atomic E-state index is 0.154. The number of urea groups is 1. The van der Waals surface area contributed by atoms with Gasteiger partial charge in [0.25, 0.3) is 0 Å². The fourth-order valence-electron chi connectivity index (χ4n) is 3.42. The Balaban J connectivity index is 1.76. The van der Waals surface area contributed by atoms with E-state index in [1.54, 1.807) is 4.90 Å². The molecule has 4 nitrogen and oxygen atoms in total. The summed E-state index contributed by atoms with van der Waals surface area (Å²) in [5.41, 5.74) is 0. The Labute approximate surface area is 117 Å². The molecule has 1 aliphatic carbocycles. The average molecular weight is 267 g/mol. The molecule has 1 N–H and O–H groups in total. The van der Waals surface area contributed by atoms with Gasteiger partial charge in [-0.25, -0.2) is 4.79 Å². The summed E-state index contributed by atoms with van der Waals surface area (Å²) in [4.78, 5) is 15.5. The monoisotopic (exact) mass is 267 g/mol. The van der Waals surface area contributed by atoms with Crippen LogP contribution in [-0.2, 0) is 0 Å². The van der Waals surface area contributed by atoms with E-state index in [2.05, 4.69) is 19.2 Å². The van der Waals surface area contributed by atoms with Gasteiger partial charge in [0.05, 0.1) is 0 Å². The van der Waals surface area contributed by atoms with Crippen LogP contribution in [0.2, 0.25) is 0 Å². The van der Waals surface area contributed by atoms with Crippen molar-refractivity contribution in [3.63, 3.8) is 0 Å².